The van der Waals surface area contributed by atoms with Crippen LogP contribution in [0.4, 0.5) is 0 Å². The first-order valence-electron chi connectivity index (χ1n) is 7.61. The van der Waals surface area contributed by atoms with Crippen molar-refractivity contribution in [1.82, 2.24) is 5.32 Å². The van der Waals surface area contributed by atoms with Crippen molar-refractivity contribution in [2.45, 2.75) is 61.4 Å². The van der Waals surface area contributed by atoms with Gasteiger partial charge in [0.15, 0.2) is 0 Å². The highest BCUT2D eigenvalue weighted by atomic mass is 14.9. The molecule has 0 aromatic heterocycles. The van der Waals surface area contributed by atoms with Crippen LogP contribution in [0.15, 0.2) is 6.07 Å². The molecule has 19 heavy (non-hydrogen) atoms. The average molecular weight is 261 g/mol. The Bertz CT molecular complexity index is 406. The standard InChI is InChI=1S/C18H31N/c1-9-19-18(14(6)11(2)3)17-15(7)12(4)10-13(5)16(17)8/h10-11,14,18-19H,9H2,1-8H3. The van der Waals surface area contributed by atoms with Gasteiger partial charge in [-0.05, 0) is 73.9 Å². The number of hydrogen-bond acceptors (Lipinski definition) is 1. The van der Waals surface area contributed by atoms with E-state index in [1.807, 2.05) is 0 Å². The zero-order valence-corrected chi connectivity index (χ0v) is 14.0. The van der Waals surface area contributed by atoms with E-state index in [9.17, 15) is 0 Å². The van der Waals surface area contributed by atoms with Crippen LogP contribution in [0.2, 0.25) is 0 Å². The van der Waals surface area contributed by atoms with E-state index in [1.165, 1.54) is 27.8 Å². The molecule has 0 bridgehead atoms. The minimum absolute atomic E-state index is 0.462. The van der Waals surface area contributed by atoms with Crippen LogP contribution < -0.4 is 5.32 Å². The lowest BCUT2D eigenvalue weighted by Crippen LogP contribution is -2.31. The summed E-state index contributed by atoms with van der Waals surface area (Å²) >= 11 is 0. The molecule has 0 heterocycles. The molecular weight excluding hydrogens is 230 g/mol. The molecule has 1 N–H and O–H groups in total. The summed E-state index contributed by atoms with van der Waals surface area (Å²) in [5.74, 6) is 1.32. The van der Waals surface area contributed by atoms with Crippen molar-refractivity contribution in [2.75, 3.05) is 6.54 Å². The SMILES string of the molecule is CCNC(c1c(C)c(C)cc(C)c1C)C(C)C(C)C. The molecule has 0 amide bonds. The van der Waals surface area contributed by atoms with Gasteiger partial charge in [-0.25, -0.2) is 0 Å². The van der Waals surface area contributed by atoms with Crippen LogP contribution in [0.25, 0.3) is 0 Å². The van der Waals surface area contributed by atoms with Crippen LogP contribution in [0.5, 0.6) is 0 Å². The Morgan fingerprint density at radius 3 is 1.79 bits per heavy atom. The number of benzene rings is 1. The summed E-state index contributed by atoms with van der Waals surface area (Å²) in [5.41, 5.74) is 7.28. The molecule has 0 fully saturated rings. The van der Waals surface area contributed by atoms with Crippen molar-refractivity contribution in [3.05, 3.63) is 33.9 Å². The Labute approximate surface area is 119 Å². The molecule has 0 aliphatic heterocycles. The quantitative estimate of drug-likeness (QED) is 0.798. The zero-order valence-electron chi connectivity index (χ0n) is 14.0. The van der Waals surface area contributed by atoms with E-state index in [4.69, 9.17) is 0 Å². The molecule has 108 valence electrons. The van der Waals surface area contributed by atoms with Crippen molar-refractivity contribution in [3.63, 3.8) is 0 Å². The third kappa shape index (κ3) is 3.39. The van der Waals surface area contributed by atoms with Gasteiger partial charge in [0.1, 0.15) is 0 Å². The first kappa shape index (κ1) is 16.2. The Balaban J connectivity index is 3.37. The van der Waals surface area contributed by atoms with E-state index in [1.54, 1.807) is 0 Å². The fourth-order valence-corrected chi connectivity index (χ4v) is 2.87. The van der Waals surface area contributed by atoms with Gasteiger partial charge in [0.05, 0.1) is 0 Å². The highest BCUT2D eigenvalue weighted by Gasteiger charge is 2.25. The van der Waals surface area contributed by atoms with Gasteiger partial charge in [0.2, 0.25) is 0 Å². The van der Waals surface area contributed by atoms with Gasteiger partial charge in [-0.15, -0.1) is 0 Å². The molecule has 1 heteroatoms. The minimum Gasteiger partial charge on any atom is -0.310 e. The molecule has 1 rings (SSSR count). The number of rotatable bonds is 5. The van der Waals surface area contributed by atoms with Crippen LogP contribution in [-0.2, 0) is 0 Å². The molecule has 2 atom stereocenters. The van der Waals surface area contributed by atoms with E-state index in [-0.39, 0.29) is 0 Å². The average Bonchev–Trinajstić information content (AvgIpc) is 2.34. The molecule has 0 spiro atoms. The largest absolute Gasteiger partial charge is 0.310 e. The molecule has 0 radical (unpaired) electrons. The fraction of sp³-hybridized carbons (Fsp3) is 0.667. The molecule has 1 nitrogen and oxygen atoms in total. The molecule has 0 aliphatic carbocycles. The van der Waals surface area contributed by atoms with Gasteiger partial charge in [-0.2, -0.15) is 0 Å². The molecule has 2 unspecified atom stereocenters. The maximum atomic E-state index is 3.72. The predicted octanol–water partition coefficient (Wildman–Crippen LogP) is 4.86. The van der Waals surface area contributed by atoms with E-state index >= 15 is 0 Å². The van der Waals surface area contributed by atoms with Gasteiger partial charge in [-0.3, -0.25) is 0 Å². The molecule has 0 aliphatic rings. The normalized spacial score (nSPS) is 14.8. The lowest BCUT2D eigenvalue weighted by molar-refractivity contribution is 0.305. The van der Waals surface area contributed by atoms with E-state index in [0.29, 0.717) is 17.9 Å². The van der Waals surface area contributed by atoms with Gasteiger partial charge in [0, 0.05) is 6.04 Å². The van der Waals surface area contributed by atoms with Crippen LogP contribution in [0.1, 0.15) is 61.6 Å². The Kier molecular flexibility index (Phi) is 5.61. The topological polar surface area (TPSA) is 12.0 Å². The predicted molar refractivity (Wildman–Crippen MR) is 85.8 cm³/mol. The van der Waals surface area contributed by atoms with Crippen LogP contribution in [0, 0.1) is 39.5 Å². The smallest absolute Gasteiger partial charge is 0.0353 e. The number of aryl methyl sites for hydroxylation is 2. The summed E-state index contributed by atoms with van der Waals surface area (Å²) in [4.78, 5) is 0. The first-order valence-corrected chi connectivity index (χ1v) is 7.61. The van der Waals surface area contributed by atoms with Gasteiger partial charge >= 0.3 is 0 Å². The highest BCUT2D eigenvalue weighted by molar-refractivity contribution is 5.46. The lowest BCUT2D eigenvalue weighted by Gasteiger charge is -2.32. The summed E-state index contributed by atoms with van der Waals surface area (Å²) in [7, 11) is 0. The summed E-state index contributed by atoms with van der Waals surface area (Å²) < 4.78 is 0. The molecule has 1 aromatic rings. The second-order valence-corrected chi connectivity index (χ2v) is 6.31. The maximum absolute atomic E-state index is 3.72. The maximum Gasteiger partial charge on any atom is 0.0353 e. The number of nitrogens with one attached hydrogen (secondary N) is 1. The minimum atomic E-state index is 0.462. The van der Waals surface area contributed by atoms with Gasteiger partial charge in [0.25, 0.3) is 0 Å². The lowest BCUT2D eigenvalue weighted by atomic mass is 9.80. The number of hydrogen-bond donors (Lipinski definition) is 1. The first-order chi connectivity index (χ1) is 8.81. The van der Waals surface area contributed by atoms with Crippen molar-refractivity contribution in [1.29, 1.82) is 0 Å². The summed E-state index contributed by atoms with van der Waals surface area (Å²) in [6, 6.07) is 2.78. The van der Waals surface area contributed by atoms with Gasteiger partial charge in [-0.1, -0.05) is 33.8 Å². The van der Waals surface area contributed by atoms with Crippen LogP contribution in [-0.4, -0.2) is 6.54 Å². The zero-order chi connectivity index (χ0) is 14.7. The van der Waals surface area contributed by atoms with E-state index < -0.39 is 0 Å². The Morgan fingerprint density at radius 1 is 0.947 bits per heavy atom. The van der Waals surface area contributed by atoms with Gasteiger partial charge < -0.3 is 5.32 Å². The fourth-order valence-electron chi connectivity index (χ4n) is 2.87. The van der Waals surface area contributed by atoms with E-state index in [2.05, 4.69) is 66.8 Å². The third-order valence-electron chi connectivity index (χ3n) is 4.74. The van der Waals surface area contributed by atoms with Crippen molar-refractivity contribution >= 4 is 0 Å². The monoisotopic (exact) mass is 261 g/mol. The highest BCUT2D eigenvalue weighted by Crippen LogP contribution is 2.34. The van der Waals surface area contributed by atoms with Crippen molar-refractivity contribution in [3.8, 4) is 0 Å². The van der Waals surface area contributed by atoms with E-state index in [0.717, 1.165) is 6.54 Å². The molecule has 1 aromatic carbocycles. The Morgan fingerprint density at radius 2 is 1.42 bits per heavy atom. The molecule has 0 saturated heterocycles. The van der Waals surface area contributed by atoms with Crippen molar-refractivity contribution in [2.24, 2.45) is 11.8 Å². The van der Waals surface area contributed by atoms with Crippen LogP contribution >= 0.6 is 0 Å². The third-order valence-corrected chi connectivity index (χ3v) is 4.74. The molecular formula is C18H31N. The van der Waals surface area contributed by atoms with Crippen LogP contribution in [0.3, 0.4) is 0 Å². The summed E-state index contributed by atoms with van der Waals surface area (Å²) in [6.45, 7) is 19.2. The molecule has 0 saturated carbocycles. The second kappa shape index (κ2) is 6.56. The van der Waals surface area contributed by atoms with Crippen molar-refractivity contribution < 1.29 is 0 Å². The second-order valence-electron chi connectivity index (χ2n) is 6.31. The Hall–Kier alpha value is -0.820. The summed E-state index contributed by atoms with van der Waals surface area (Å²) in [6.07, 6.45) is 0. The summed E-state index contributed by atoms with van der Waals surface area (Å²) in [5, 5.41) is 3.72.